The van der Waals surface area contributed by atoms with E-state index in [1.807, 2.05) is 23.1 Å². The lowest BCUT2D eigenvalue weighted by molar-refractivity contribution is -0.135. The molecular weight excluding hydrogens is 931 g/mol. The Morgan fingerprint density at radius 2 is 1.19 bits per heavy atom. The van der Waals surface area contributed by atoms with Gasteiger partial charge in [-0.1, -0.05) is 31.5 Å². The van der Waals surface area contributed by atoms with Gasteiger partial charge >= 0.3 is 0 Å². The van der Waals surface area contributed by atoms with Crippen LogP contribution in [0.5, 0.6) is 0 Å². The average molecular weight is 1020 g/mol. The second-order valence-corrected chi connectivity index (χ2v) is 17.5. The number of nitrogens with two attached hydrogens (primary N) is 1. The topological polar surface area (TPSA) is 241 Å². The Labute approximate surface area is 427 Å². The first-order chi connectivity index (χ1) is 35.2. The number of aryl methyl sites for hydroxylation is 1. The van der Waals surface area contributed by atoms with Crippen molar-refractivity contribution in [1.82, 2.24) is 40.3 Å². The summed E-state index contributed by atoms with van der Waals surface area (Å²) in [6.07, 6.45) is 6.10. The largest absolute Gasteiger partial charge is 0.382 e. The van der Waals surface area contributed by atoms with Gasteiger partial charge in [-0.3, -0.25) is 24.1 Å². The second kappa shape index (κ2) is 37.3. The van der Waals surface area contributed by atoms with Gasteiger partial charge in [-0.25, -0.2) is 9.97 Å². The number of fused-ring (bicyclic) bond motifs is 3. The van der Waals surface area contributed by atoms with E-state index < -0.39 is 0 Å². The zero-order valence-corrected chi connectivity index (χ0v) is 43.4. The third-order valence-electron chi connectivity index (χ3n) is 12.1. The maximum Gasteiger partial charge on any atom is 0.223 e. The molecule has 1 aliphatic heterocycles. The van der Waals surface area contributed by atoms with Crippen LogP contribution in [-0.4, -0.2) is 212 Å². The molecule has 1 atom stereocenters. The monoisotopic (exact) mass is 1020 g/mol. The Balaban J connectivity index is 0.0000141. The number of nitrogen functional groups attached to an aromatic ring is 1. The van der Waals surface area contributed by atoms with Gasteiger partial charge in [0.1, 0.15) is 17.1 Å². The molecule has 0 spiro atoms. The molecule has 3 amide bonds. The zero-order valence-electron chi connectivity index (χ0n) is 43.4. The molecule has 0 radical (unpaired) electrons. The fraction of sp³-hybridized carbons (Fsp3) is 0.725. The number of unbranched alkanes of at least 4 members (excludes halogenated alkanes) is 2. The number of carbonyl (C=O) groups excluding carboxylic acids is 4. The SMILES string of the molecule is CCCCc1nc2c(N)nc3ccccc3c2n1CCN1CCN(C(=O)CCC(=O)NCCOCCOCCOCCOCCOCCOCCOCCOCCC(=O)NCCCCC(NC)C(C)=O)CC1.[HH]. The van der Waals surface area contributed by atoms with Crippen molar-refractivity contribution in [3.63, 3.8) is 0 Å². The molecule has 72 heavy (non-hydrogen) atoms. The molecule has 3 heterocycles. The molecule has 1 aromatic carbocycles. The number of para-hydroxylation sites is 1. The molecule has 408 valence electrons. The lowest BCUT2D eigenvalue weighted by Crippen LogP contribution is -2.49. The van der Waals surface area contributed by atoms with E-state index in [4.69, 9.17) is 48.6 Å². The van der Waals surface area contributed by atoms with Crippen LogP contribution in [-0.2, 0) is 70.0 Å². The number of Topliss-reactive ketones (excluding diaryl/α,β-unsaturated/α-hetero) is 1. The highest BCUT2D eigenvalue weighted by atomic mass is 16.6. The lowest BCUT2D eigenvalue weighted by atomic mass is 10.1. The van der Waals surface area contributed by atoms with Gasteiger partial charge in [0.05, 0.1) is 123 Å². The number of hydrogen-bond acceptors (Lipinski definition) is 17. The minimum atomic E-state index is -0.166. The van der Waals surface area contributed by atoms with Crippen molar-refractivity contribution in [3.05, 3.63) is 30.1 Å². The fourth-order valence-corrected chi connectivity index (χ4v) is 8.01. The number of likely N-dealkylation sites (N-methyl/N-ethyl adjacent to an activating group) is 1. The molecule has 1 aliphatic rings. The molecule has 0 saturated carbocycles. The number of rotatable bonds is 43. The van der Waals surface area contributed by atoms with Crippen LogP contribution in [0.15, 0.2) is 24.3 Å². The van der Waals surface area contributed by atoms with Crippen LogP contribution in [0, 0.1) is 0 Å². The number of amides is 3. The number of anilines is 1. The van der Waals surface area contributed by atoms with Gasteiger partial charge in [0.15, 0.2) is 5.82 Å². The zero-order chi connectivity index (χ0) is 51.4. The van der Waals surface area contributed by atoms with Crippen molar-refractivity contribution in [3.8, 4) is 0 Å². The first-order valence-corrected chi connectivity index (χ1v) is 26.1. The summed E-state index contributed by atoms with van der Waals surface area (Å²) in [6.45, 7) is 16.0. The van der Waals surface area contributed by atoms with E-state index in [0.29, 0.717) is 144 Å². The van der Waals surface area contributed by atoms with E-state index in [2.05, 4.69) is 43.4 Å². The standard InChI is InChI=1S/C51H85N9O12.H2/c1-4-5-13-45-57-49-50(42-10-6-7-12-44(42)56-51(49)52)60(45)24-21-58-19-22-59(23-20-58)48(64)15-14-46(62)55-18-26-66-28-30-68-32-34-70-36-38-72-40-39-71-37-35-69-33-31-67-29-27-65-25-16-47(63)54-17-9-8-11-43(53-3)41(2)61;/h6-7,10,12,43,53H,4-5,8-9,11,13-40H2,1-3H3,(H2,52,56)(H,54,63)(H,55,62);1H. The van der Waals surface area contributed by atoms with E-state index in [9.17, 15) is 19.2 Å². The molecule has 5 N–H and O–H groups in total. The van der Waals surface area contributed by atoms with Gasteiger partial charge in [0.25, 0.3) is 0 Å². The maximum atomic E-state index is 13.0. The van der Waals surface area contributed by atoms with E-state index in [1.54, 1.807) is 14.0 Å². The Bertz CT molecular complexity index is 1990. The Kier molecular flexibility index (Phi) is 31.2. The van der Waals surface area contributed by atoms with Crippen molar-refractivity contribution in [2.75, 3.05) is 164 Å². The summed E-state index contributed by atoms with van der Waals surface area (Å²) < 4.78 is 46.4. The van der Waals surface area contributed by atoms with Gasteiger partial charge in [0.2, 0.25) is 17.7 Å². The molecule has 4 rings (SSSR count). The van der Waals surface area contributed by atoms with Crippen molar-refractivity contribution < 1.29 is 58.5 Å². The highest BCUT2D eigenvalue weighted by molar-refractivity contribution is 6.06. The van der Waals surface area contributed by atoms with Crippen LogP contribution in [0.4, 0.5) is 5.82 Å². The molecule has 1 unspecified atom stereocenters. The number of nitrogens with one attached hydrogen (secondary N) is 3. The predicted molar refractivity (Wildman–Crippen MR) is 277 cm³/mol. The van der Waals surface area contributed by atoms with Crippen LogP contribution in [0.25, 0.3) is 21.9 Å². The maximum absolute atomic E-state index is 13.0. The third kappa shape index (κ3) is 24.1. The summed E-state index contributed by atoms with van der Waals surface area (Å²) in [4.78, 5) is 62.5. The highest BCUT2D eigenvalue weighted by Gasteiger charge is 2.23. The first-order valence-electron chi connectivity index (χ1n) is 26.1. The van der Waals surface area contributed by atoms with Crippen molar-refractivity contribution in [2.24, 2.45) is 0 Å². The second-order valence-electron chi connectivity index (χ2n) is 17.5. The number of ketones is 1. The van der Waals surface area contributed by atoms with Crippen LogP contribution >= 0.6 is 0 Å². The van der Waals surface area contributed by atoms with Crippen molar-refractivity contribution in [1.29, 1.82) is 0 Å². The van der Waals surface area contributed by atoms with E-state index in [1.165, 1.54) is 0 Å². The number of imidazole rings is 1. The van der Waals surface area contributed by atoms with E-state index in [-0.39, 0.29) is 43.8 Å². The average Bonchev–Trinajstić information content (AvgIpc) is 3.76. The number of piperazine rings is 1. The summed E-state index contributed by atoms with van der Waals surface area (Å²) >= 11 is 0. The summed E-state index contributed by atoms with van der Waals surface area (Å²) in [5, 5.41) is 9.76. The Morgan fingerprint density at radius 1 is 0.653 bits per heavy atom. The first kappa shape index (κ1) is 60.1. The third-order valence-corrected chi connectivity index (χ3v) is 12.1. The Morgan fingerprint density at radius 3 is 1.76 bits per heavy atom. The normalized spacial score (nSPS) is 13.6. The Hall–Kier alpha value is -4.42. The van der Waals surface area contributed by atoms with E-state index in [0.717, 1.165) is 92.5 Å². The fourth-order valence-electron chi connectivity index (χ4n) is 8.01. The number of benzene rings is 1. The summed E-state index contributed by atoms with van der Waals surface area (Å²) in [6, 6.07) is 7.96. The number of nitrogens with zero attached hydrogens (tertiary/aromatic N) is 5. The molecule has 1 fully saturated rings. The molecule has 21 heteroatoms. The number of aromatic nitrogens is 3. The minimum absolute atomic E-state index is 0. The number of hydrogen-bond donors (Lipinski definition) is 4. The smallest absolute Gasteiger partial charge is 0.223 e. The molecule has 1 saturated heterocycles. The molecule has 3 aromatic rings. The molecule has 21 nitrogen and oxygen atoms in total. The molecule has 2 aromatic heterocycles. The molecule has 0 bridgehead atoms. The van der Waals surface area contributed by atoms with E-state index >= 15 is 0 Å². The number of pyridine rings is 1. The van der Waals surface area contributed by atoms with Crippen LogP contribution in [0.2, 0.25) is 0 Å². The van der Waals surface area contributed by atoms with Gasteiger partial charge in [-0.05, 0) is 45.7 Å². The molecular formula is C51H87N9O12. The minimum Gasteiger partial charge on any atom is -0.382 e. The van der Waals surface area contributed by atoms with Gasteiger partial charge in [-0.2, -0.15) is 0 Å². The quantitative estimate of drug-likeness (QED) is 0.0596. The van der Waals surface area contributed by atoms with Gasteiger partial charge in [0, 0.05) is 84.9 Å². The van der Waals surface area contributed by atoms with Gasteiger partial charge in [-0.15, -0.1) is 0 Å². The van der Waals surface area contributed by atoms with Crippen molar-refractivity contribution in [2.45, 2.75) is 84.2 Å². The summed E-state index contributed by atoms with van der Waals surface area (Å²) in [5.41, 5.74) is 9.05. The summed E-state index contributed by atoms with van der Waals surface area (Å²) in [5.74, 6) is 1.42. The van der Waals surface area contributed by atoms with Crippen LogP contribution < -0.4 is 21.7 Å². The summed E-state index contributed by atoms with van der Waals surface area (Å²) in [7, 11) is 1.78. The number of ether oxygens (including phenoxy) is 8. The molecule has 0 aliphatic carbocycles. The highest BCUT2D eigenvalue weighted by Crippen LogP contribution is 2.29. The van der Waals surface area contributed by atoms with Crippen molar-refractivity contribution >= 4 is 51.3 Å². The lowest BCUT2D eigenvalue weighted by Gasteiger charge is -2.35. The van der Waals surface area contributed by atoms with Gasteiger partial charge < -0.3 is 69.0 Å². The van der Waals surface area contributed by atoms with Crippen LogP contribution in [0.3, 0.4) is 0 Å². The predicted octanol–water partition coefficient (Wildman–Crippen LogP) is 2.78. The van der Waals surface area contributed by atoms with Crippen LogP contribution in [0.1, 0.15) is 72.5 Å². The number of carbonyl (C=O) groups is 4.